The van der Waals surface area contributed by atoms with Gasteiger partial charge in [-0.15, -0.1) is 0 Å². The number of rotatable bonds is 2. The van der Waals surface area contributed by atoms with Crippen LogP contribution in [0.1, 0.15) is 31.4 Å². The molecule has 1 amide bonds. The lowest BCUT2D eigenvalue weighted by molar-refractivity contribution is -0.149. The summed E-state index contributed by atoms with van der Waals surface area (Å²) >= 11 is 0. The molecule has 0 aliphatic carbocycles. The maximum absolute atomic E-state index is 13.1. The Morgan fingerprint density at radius 1 is 1.23 bits per heavy atom. The average Bonchev–Trinajstić information content (AvgIpc) is 2.55. The molecule has 4 nitrogen and oxygen atoms in total. The molecule has 0 spiro atoms. The largest absolute Gasteiger partial charge is 0.373 e. The van der Waals surface area contributed by atoms with Crippen molar-refractivity contribution in [3.63, 3.8) is 0 Å². The fourth-order valence-corrected chi connectivity index (χ4v) is 3.69. The van der Waals surface area contributed by atoms with Crippen molar-refractivity contribution in [2.45, 2.75) is 31.9 Å². The van der Waals surface area contributed by atoms with Crippen LogP contribution in [-0.2, 0) is 9.53 Å². The number of carbonyl (C=O) groups excluding carboxylic acids is 1. The van der Waals surface area contributed by atoms with Crippen LogP contribution in [0, 0.1) is 5.92 Å². The summed E-state index contributed by atoms with van der Waals surface area (Å²) in [5.41, 5.74) is 1.13. The fraction of sp³-hybridized carbons (Fsp3) is 0.611. The standard InChI is InChI=1S/C18H26N2O2/c1-14-13-19(2)10-11-20(14)18(21)16-9-6-12-22-17(16)15-7-4-3-5-8-15/h3-5,7-8,14,16-17H,6,9-13H2,1-2H3/t14-,16+,17-/m1/s1. The lowest BCUT2D eigenvalue weighted by Gasteiger charge is -2.42. The van der Waals surface area contributed by atoms with Crippen LogP contribution in [0.25, 0.3) is 0 Å². The zero-order valence-corrected chi connectivity index (χ0v) is 13.6. The summed E-state index contributed by atoms with van der Waals surface area (Å²) in [6.45, 7) is 5.64. The van der Waals surface area contributed by atoms with Gasteiger partial charge >= 0.3 is 0 Å². The number of benzene rings is 1. The van der Waals surface area contributed by atoms with E-state index >= 15 is 0 Å². The summed E-state index contributed by atoms with van der Waals surface area (Å²) in [6, 6.07) is 10.5. The summed E-state index contributed by atoms with van der Waals surface area (Å²) in [5.74, 6) is 0.233. The second kappa shape index (κ2) is 6.80. The van der Waals surface area contributed by atoms with Crippen LogP contribution < -0.4 is 0 Å². The van der Waals surface area contributed by atoms with Gasteiger partial charge in [0.15, 0.2) is 0 Å². The van der Waals surface area contributed by atoms with Gasteiger partial charge in [-0.3, -0.25) is 4.79 Å². The van der Waals surface area contributed by atoms with Gasteiger partial charge in [0, 0.05) is 32.3 Å². The molecule has 22 heavy (non-hydrogen) atoms. The molecule has 0 aromatic heterocycles. The van der Waals surface area contributed by atoms with Crippen molar-refractivity contribution in [1.82, 2.24) is 9.80 Å². The Morgan fingerprint density at radius 3 is 2.73 bits per heavy atom. The third-order valence-corrected chi connectivity index (χ3v) is 4.88. The van der Waals surface area contributed by atoms with Crippen LogP contribution in [0.15, 0.2) is 30.3 Å². The minimum Gasteiger partial charge on any atom is -0.373 e. The molecule has 2 aliphatic rings. The summed E-state index contributed by atoms with van der Waals surface area (Å²) in [4.78, 5) is 17.4. The van der Waals surface area contributed by atoms with Crippen molar-refractivity contribution in [1.29, 1.82) is 0 Å². The molecule has 4 heteroatoms. The maximum atomic E-state index is 13.1. The number of ether oxygens (including phenoxy) is 1. The molecule has 1 aromatic rings. The summed E-state index contributed by atoms with van der Waals surface area (Å²) < 4.78 is 5.99. The molecule has 0 bridgehead atoms. The number of nitrogens with zero attached hydrogens (tertiary/aromatic N) is 2. The molecule has 2 aliphatic heterocycles. The lowest BCUT2D eigenvalue weighted by atomic mass is 9.87. The lowest BCUT2D eigenvalue weighted by Crippen LogP contribution is -2.55. The van der Waals surface area contributed by atoms with Gasteiger partial charge in [-0.1, -0.05) is 30.3 Å². The second-order valence-electron chi connectivity index (χ2n) is 6.59. The van der Waals surface area contributed by atoms with Gasteiger partial charge in [0.2, 0.25) is 5.91 Å². The van der Waals surface area contributed by atoms with E-state index in [1.165, 1.54) is 0 Å². The zero-order valence-electron chi connectivity index (χ0n) is 13.6. The molecule has 0 radical (unpaired) electrons. The molecule has 2 fully saturated rings. The highest BCUT2D eigenvalue weighted by Crippen LogP contribution is 2.35. The Hall–Kier alpha value is -1.39. The second-order valence-corrected chi connectivity index (χ2v) is 6.59. The summed E-state index contributed by atoms with van der Waals surface area (Å²) in [7, 11) is 2.12. The fourth-order valence-electron chi connectivity index (χ4n) is 3.69. The Morgan fingerprint density at radius 2 is 2.00 bits per heavy atom. The van der Waals surface area contributed by atoms with E-state index in [4.69, 9.17) is 4.74 Å². The first-order valence-corrected chi connectivity index (χ1v) is 8.32. The third kappa shape index (κ3) is 3.18. The molecular weight excluding hydrogens is 276 g/mol. The van der Waals surface area contributed by atoms with E-state index in [1.54, 1.807) is 0 Å². The van der Waals surface area contributed by atoms with Crippen molar-refractivity contribution < 1.29 is 9.53 Å². The quantitative estimate of drug-likeness (QED) is 0.840. The van der Waals surface area contributed by atoms with Crippen molar-refractivity contribution in [2.24, 2.45) is 5.92 Å². The summed E-state index contributed by atoms with van der Waals surface area (Å²) in [6.07, 6.45) is 1.81. The van der Waals surface area contributed by atoms with E-state index in [0.29, 0.717) is 0 Å². The van der Waals surface area contributed by atoms with Gasteiger partial charge < -0.3 is 14.5 Å². The Labute approximate surface area is 133 Å². The molecular formula is C18H26N2O2. The molecule has 2 saturated heterocycles. The van der Waals surface area contributed by atoms with E-state index in [2.05, 4.69) is 35.9 Å². The van der Waals surface area contributed by atoms with Crippen LogP contribution in [0.3, 0.4) is 0 Å². The highest BCUT2D eigenvalue weighted by Gasteiger charge is 2.38. The van der Waals surface area contributed by atoms with Crippen LogP contribution >= 0.6 is 0 Å². The van der Waals surface area contributed by atoms with E-state index in [-0.39, 0.29) is 24.0 Å². The number of carbonyl (C=O) groups is 1. The molecule has 3 atom stereocenters. The Bertz CT molecular complexity index is 505. The first-order chi connectivity index (χ1) is 10.7. The molecule has 0 N–H and O–H groups in total. The maximum Gasteiger partial charge on any atom is 0.228 e. The van der Waals surface area contributed by atoms with Gasteiger partial charge in [0.05, 0.1) is 12.0 Å². The highest BCUT2D eigenvalue weighted by atomic mass is 16.5. The molecule has 0 saturated carbocycles. The smallest absolute Gasteiger partial charge is 0.228 e. The Balaban J connectivity index is 1.77. The molecule has 3 rings (SSSR count). The van der Waals surface area contributed by atoms with E-state index in [0.717, 1.165) is 44.6 Å². The number of amides is 1. The molecule has 120 valence electrons. The first kappa shape index (κ1) is 15.5. The monoisotopic (exact) mass is 302 g/mol. The topological polar surface area (TPSA) is 32.8 Å². The average molecular weight is 302 g/mol. The molecule has 0 unspecified atom stereocenters. The van der Waals surface area contributed by atoms with E-state index in [9.17, 15) is 4.79 Å². The van der Waals surface area contributed by atoms with Gasteiger partial charge in [0.25, 0.3) is 0 Å². The van der Waals surface area contributed by atoms with E-state index in [1.807, 2.05) is 18.2 Å². The number of hydrogen-bond acceptors (Lipinski definition) is 3. The van der Waals surface area contributed by atoms with Crippen molar-refractivity contribution in [3.05, 3.63) is 35.9 Å². The summed E-state index contributed by atoms with van der Waals surface area (Å²) in [5, 5.41) is 0. The van der Waals surface area contributed by atoms with Crippen LogP contribution in [0.5, 0.6) is 0 Å². The SMILES string of the molecule is C[C@@H]1CN(C)CCN1C(=O)[C@H]1CCCO[C@@H]1c1ccccc1. The minimum atomic E-state index is -0.0886. The number of hydrogen-bond donors (Lipinski definition) is 0. The Kier molecular flexibility index (Phi) is 4.79. The first-order valence-electron chi connectivity index (χ1n) is 8.32. The van der Waals surface area contributed by atoms with Gasteiger partial charge in [-0.25, -0.2) is 0 Å². The third-order valence-electron chi connectivity index (χ3n) is 4.88. The van der Waals surface area contributed by atoms with Gasteiger partial charge in [-0.2, -0.15) is 0 Å². The van der Waals surface area contributed by atoms with Crippen molar-refractivity contribution in [2.75, 3.05) is 33.3 Å². The molecule has 2 heterocycles. The molecule has 1 aromatic carbocycles. The van der Waals surface area contributed by atoms with Crippen molar-refractivity contribution in [3.8, 4) is 0 Å². The van der Waals surface area contributed by atoms with Crippen LogP contribution in [-0.4, -0.2) is 55.0 Å². The highest BCUT2D eigenvalue weighted by molar-refractivity contribution is 5.80. The number of piperazine rings is 1. The number of likely N-dealkylation sites (N-methyl/N-ethyl adjacent to an activating group) is 1. The van der Waals surface area contributed by atoms with Gasteiger partial charge in [-0.05, 0) is 32.4 Å². The predicted molar refractivity (Wildman–Crippen MR) is 86.5 cm³/mol. The van der Waals surface area contributed by atoms with Crippen LogP contribution in [0.4, 0.5) is 0 Å². The van der Waals surface area contributed by atoms with Crippen LogP contribution in [0.2, 0.25) is 0 Å². The minimum absolute atomic E-state index is 0.0398. The zero-order chi connectivity index (χ0) is 15.5. The normalized spacial score (nSPS) is 30.3. The van der Waals surface area contributed by atoms with Crippen molar-refractivity contribution >= 4 is 5.91 Å². The van der Waals surface area contributed by atoms with Gasteiger partial charge in [0.1, 0.15) is 0 Å². The predicted octanol–water partition coefficient (Wildman–Crippen LogP) is 2.32. The van der Waals surface area contributed by atoms with E-state index < -0.39 is 0 Å².